The zero-order valence-electron chi connectivity index (χ0n) is 10.4. The number of anilines is 1. The van der Waals surface area contributed by atoms with Crippen LogP contribution in [0.15, 0.2) is 24.5 Å². The minimum atomic E-state index is 0.463. The van der Waals surface area contributed by atoms with E-state index in [1.165, 1.54) is 6.33 Å². The Kier molecular flexibility index (Phi) is 3.73. The van der Waals surface area contributed by atoms with E-state index in [2.05, 4.69) is 9.97 Å². The molecule has 0 saturated heterocycles. The van der Waals surface area contributed by atoms with Crippen molar-refractivity contribution in [3.63, 3.8) is 0 Å². The van der Waals surface area contributed by atoms with E-state index in [9.17, 15) is 0 Å². The summed E-state index contributed by atoms with van der Waals surface area (Å²) in [5.41, 5.74) is 3.65. The largest absolute Gasteiger partial charge is 0.377 e. The maximum absolute atomic E-state index is 6.07. The van der Waals surface area contributed by atoms with Gasteiger partial charge in [0, 0.05) is 35.9 Å². The molecule has 18 heavy (non-hydrogen) atoms. The molecule has 0 aliphatic carbocycles. The molecule has 0 aliphatic heterocycles. The number of hydrogen-bond acceptors (Lipinski definition) is 3. The van der Waals surface area contributed by atoms with Crippen LogP contribution in [0.5, 0.6) is 0 Å². The van der Waals surface area contributed by atoms with Crippen molar-refractivity contribution in [2.45, 2.75) is 6.92 Å². The molecule has 0 N–H and O–H groups in total. The standard InChI is InChI=1S/C13H13Cl2N3/c1-8-12(16-7-17-13(8)15)10-6-9(14)4-5-11(10)18(2)3/h4-7H,1-3H3. The molecule has 0 bridgehead atoms. The summed E-state index contributed by atoms with van der Waals surface area (Å²) < 4.78 is 0. The summed E-state index contributed by atoms with van der Waals surface area (Å²) >= 11 is 12.1. The van der Waals surface area contributed by atoms with Gasteiger partial charge in [-0.2, -0.15) is 0 Å². The molecule has 0 spiro atoms. The summed E-state index contributed by atoms with van der Waals surface area (Å²) in [6.45, 7) is 1.90. The monoisotopic (exact) mass is 281 g/mol. The van der Waals surface area contributed by atoms with E-state index >= 15 is 0 Å². The Hall–Kier alpha value is -1.32. The van der Waals surface area contributed by atoms with E-state index in [0.29, 0.717) is 10.2 Å². The van der Waals surface area contributed by atoms with E-state index in [1.54, 1.807) is 0 Å². The second-order valence-corrected chi connectivity index (χ2v) is 4.99. The second-order valence-electron chi connectivity index (χ2n) is 4.19. The third kappa shape index (κ3) is 2.42. The number of nitrogens with zero attached hydrogens (tertiary/aromatic N) is 3. The Morgan fingerprint density at radius 1 is 1.11 bits per heavy atom. The van der Waals surface area contributed by atoms with Gasteiger partial charge < -0.3 is 4.90 Å². The second kappa shape index (κ2) is 5.12. The molecule has 0 radical (unpaired) electrons. The Morgan fingerprint density at radius 2 is 1.83 bits per heavy atom. The maximum atomic E-state index is 6.07. The van der Waals surface area contributed by atoms with Crippen LogP contribution in [0.2, 0.25) is 10.2 Å². The van der Waals surface area contributed by atoms with Gasteiger partial charge in [0.05, 0.1) is 5.69 Å². The number of halogens is 2. The minimum absolute atomic E-state index is 0.463. The summed E-state index contributed by atoms with van der Waals surface area (Å²) in [7, 11) is 3.95. The van der Waals surface area contributed by atoms with E-state index in [0.717, 1.165) is 22.5 Å². The zero-order chi connectivity index (χ0) is 13.3. The normalized spacial score (nSPS) is 10.5. The fraction of sp³-hybridized carbons (Fsp3) is 0.231. The lowest BCUT2D eigenvalue weighted by Gasteiger charge is -2.18. The van der Waals surface area contributed by atoms with Crippen molar-refractivity contribution in [1.29, 1.82) is 0 Å². The molecule has 0 unspecified atom stereocenters. The smallest absolute Gasteiger partial charge is 0.135 e. The molecule has 0 amide bonds. The lowest BCUT2D eigenvalue weighted by Crippen LogP contribution is -2.10. The molecule has 5 heteroatoms. The van der Waals surface area contributed by atoms with Gasteiger partial charge in [0.15, 0.2) is 0 Å². The van der Waals surface area contributed by atoms with Gasteiger partial charge in [0.1, 0.15) is 11.5 Å². The first-order valence-corrected chi connectivity index (χ1v) is 6.20. The van der Waals surface area contributed by atoms with Gasteiger partial charge in [-0.1, -0.05) is 23.2 Å². The summed E-state index contributed by atoms with van der Waals surface area (Å²) in [6.07, 6.45) is 1.46. The molecule has 1 aromatic carbocycles. The predicted molar refractivity (Wildman–Crippen MR) is 76.6 cm³/mol. The van der Waals surface area contributed by atoms with Gasteiger partial charge >= 0.3 is 0 Å². The lowest BCUT2D eigenvalue weighted by atomic mass is 10.1. The lowest BCUT2D eigenvalue weighted by molar-refractivity contribution is 1.11. The van der Waals surface area contributed by atoms with Crippen LogP contribution >= 0.6 is 23.2 Å². The summed E-state index contributed by atoms with van der Waals surface area (Å²) in [6, 6.07) is 5.72. The molecule has 2 aromatic rings. The average Bonchev–Trinajstić information content (AvgIpc) is 2.32. The fourth-order valence-corrected chi connectivity index (χ4v) is 2.09. The first kappa shape index (κ1) is 13.1. The number of benzene rings is 1. The quantitative estimate of drug-likeness (QED) is 0.784. The molecule has 1 heterocycles. The summed E-state index contributed by atoms with van der Waals surface area (Å²) in [5.74, 6) is 0. The molecule has 0 saturated carbocycles. The number of rotatable bonds is 2. The van der Waals surface area contributed by atoms with Gasteiger partial charge in [-0.05, 0) is 25.1 Å². The van der Waals surface area contributed by atoms with Gasteiger partial charge in [-0.15, -0.1) is 0 Å². The van der Waals surface area contributed by atoms with Gasteiger partial charge in [-0.3, -0.25) is 0 Å². The maximum Gasteiger partial charge on any atom is 0.135 e. The van der Waals surface area contributed by atoms with Crippen molar-refractivity contribution < 1.29 is 0 Å². The number of aromatic nitrogens is 2. The predicted octanol–water partition coefficient (Wildman–Crippen LogP) is 3.82. The van der Waals surface area contributed by atoms with Crippen LogP contribution in [0.1, 0.15) is 5.56 Å². The minimum Gasteiger partial charge on any atom is -0.377 e. The van der Waals surface area contributed by atoms with E-state index in [1.807, 2.05) is 44.1 Å². The first-order chi connectivity index (χ1) is 8.50. The van der Waals surface area contributed by atoms with Crippen molar-refractivity contribution in [1.82, 2.24) is 9.97 Å². The average molecular weight is 282 g/mol. The molecular formula is C13H13Cl2N3. The van der Waals surface area contributed by atoms with E-state index < -0.39 is 0 Å². The van der Waals surface area contributed by atoms with Crippen molar-refractivity contribution in [3.8, 4) is 11.3 Å². The molecule has 1 aromatic heterocycles. The van der Waals surface area contributed by atoms with Gasteiger partial charge in [0.2, 0.25) is 0 Å². The van der Waals surface area contributed by atoms with Crippen molar-refractivity contribution in [2.24, 2.45) is 0 Å². The molecule has 3 nitrogen and oxygen atoms in total. The van der Waals surface area contributed by atoms with Crippen LogP contribution in [0, 0.1) is 6.92 Å². The summed E-state index contributed by atoms with van der Waals surface area (Å²) in [4.78, 5) is 10.3. The fourth-order valence-electron chi connectivity index (χ4n) is 1.79. The third-order valence-electron chi connectivity index (χ3n) is 2.72. The van der Waals surface area contributed by atoms with Crippen molar-refractivity contribution in [3.05, 3.63) is 40.3 Å². The van der Waals surface area contributed by atoms with Crippen molar-refractivity contribution >= 4 is 28.9 Å². The molecule has 0 atom stereocenters. The van der Waals surface area contributed by atoms with Crippen LogP contribution in [-0.4, -0.2) is 24.1 Å². The Bertz CT molecular complexity index is 582. The summed E-state index contributed by atoms with van der Waals surface area (Å²) in [5, 5.41) is 1.13. The Morgan fingerprint density at radius 3 is 2.50 bits per heavy atom. The molecule has 0 aliphatic rings. The molecule has 0 fully saturated rings. The highest BCUT2D eigenvalue weighted by molar-refractivity contribution is 6.31. The molecule has 2 rings (SSSR count). The Balaban J connectivity index is 2.69. The van der Waals surface area contributed by atoms with Crippen LogP contribution in [0.3, 0.4) is 0 Å². The molecular weight excluding hydrogens is 269 g/mol. The zero-order valence-corrected chi connectivity index (χ0v) is 11.9. The van der Waals surface area contributed by atoms with Crippen LogP contribution in [-0.2, 0) is 0 Å². The highest BCUT2D eigenvalue weighted by Gasteiger charge is 2.13. The third-order valence-corrected chi connectivity index (χ3v) is 3.33. The molecule has 94 valence electrons. The first-order valence-electron chi connectivity index (χ1n) is 5.45. The van der Waals surface area contributed by atoms with Crippen molar-refractivity contribution in [2.75, 3.05) is 19.0 Å². The van der Waals surface area contributed by atoms with E-state index in [-0.39, 0.29) is 0 Å². The van der Waals surface area contributed by atoms with Crippen LogP contribution in [0.4, 0.5) is 5.69 Å². The highest BCUT2D eigenvalue weighted by atomic mass is 35.5. The SMILES string of the molecule is Cc1c(Cl)ncnc1-c1cc(Cl)ccc1N(C)C. The van der Waals surface area contributed by atoms with E-state index in [4.69, 9.17) is 23.2 Å². The van der Waals surface area contributed by atoms with Crippen LogP contribution in [0.25, 0.3) is 11.3 Å². The van der Waals surface area contributed by atoms with Gasteiger partial charge in [-0.25, -0.2) is 9.97 Å². The number of hydrogen-bond donors (Lipinski definition) is 0. The van der Waals surface area contributed by atoms with Crippen LogP contribution < -0.4 is 4.90 Å². The van der Waals surface area contributed by atoms with Gasteiger partial charge in [0.25, 0.3) is 0 Å². The Labute approximate surface area is 116 Å². The topological polar surface area (TPSA) is 29.0 Å². The highest BCUT2D eigenvalue weighted by Crippen LogP contribution is 2.34.